The Kier molecular flexibility index (Phi) is 5.36. The minimum Gasteiger partial charge on any atom is -0.339 e. The molecule has 3 N–H and O–H groups in total. The molecule has 8 heteroatoms. The van der Waals surface area contributed by atoms with Gasteiger partial charge in [0.05, 0.1) is 6.20 Å². The van der Waals surface area contributed by atoms with E-state index >= 15 is 0 Å². The van der Waals surface area contributed by atoms with Gasteiger partial charge in [-0.15, -0.1) is 5.10 Å². The Balaban J connectivity index is 1.72. The van der Waals surface area contributed by atoms with Crippen LogP contribution in [0.4, 0.5) is 28.8 Å². The number of carbonyl (C=O) groups is 2. The smallest absolute Gasteiger partial charge is 0.249 e. The van der Waals surface area contributed by atoms with Crippen molar-refractivity contribution in [3.05, 3.63) is 60.3 Å². The van der Waals surface area contributed by atoms with Gasteiger partial charge in [-0.05, 0) is 49.4 Å². The quantitative estimate of drug-likeness (QED) is 0.576. The molecule has 136 valence electrons. The maximum Gasteiger partial charge on any atom is 0.249 e. The van der Waals surface area contributed by atoms with Crippen LogP contribution < -0.4 is 16.0 Å². The second kappa shape index (κ2) is 8.05. The zero-order valence-corrected chi connectivity index (χ0v) is 14.9. The molecule has 1 aromatic heterocycles. The Morgan fingerprint density at radius 3 is 2.33 bits per heavy atom. The number of amides is 1. The topological polar surface area (TPSA) is 109 Å². The Morgan fingerprint density at radius 1 is 0.889 bits per heavy atom. The lowest BCUT2D eigenvalue weighted by molar-refractivity contribution is -0.114. The van der Waals surface area contributed by atoms with Crippen LogP contribution in [0.5, 0.6) is 0 Å². The molecule has 0 bridgehead atoms. The zero-order chi connectivity index (χ0) is 19.2. The highest BCUT2D eigenvalue weighted by Gasteiger charge is 2.04. The number of hydrogen-bond acceptors (Lipinski definition) is 7. The van der Waals surface area contributed by atoms with Crippen molar-refractivity contribution < 1.29 is 9.59 Å². The summed E-state index contributed by atoms with van der Waals surface area (Å²) in [5.41, 5.74) is 2.80. The SMILES string of the molecule is CC(=O)Nc1cccc(Nc2nncc(Nc3ccc(C(C)=O)cc3)n2)c1. The third-order valence-corrected chi connectivity index (χ3v) is 3.56. The Hall–Kier alpha value is -3.81. The van der Waals surface area contributed by atoms with Crippen molar-refractivity contribution in [1.29, 1.82) is 0 Å². The maximum atomic E-state index is 11.3. The average Bonchev–Trinajstić information content (AvgIpc) is 2.62. The lowest BCUT2D eigenvalue weighted by Crippen LogP contribution is -2.06. The summed E-state index contributed by atoms with van der Waals surface area (Å²) in [5.74, 6) is 0.673. The molecule has 0 saturated carbocycles. The fourth-order valence-electron chi connectivity index (χ4n) is 2.36. The third kappa shape index (κ3) is 5.08. The van der Waals surface area contributed by atoms with Gasteiger partial charge in [0.2, 0.25) is 11.9 Å². The van der Waals surface area contributed by atoms with Crippen molar-refractivity contribution in [2.75, 3.05) is 16.0 Å². The summed E-state index contributed by atoms with van der Waals surface area (Å²) in [4.78, 5) is 26.9. The van der Waals surface area contributed by atoms with Crippen LogP contribution in [0, 0.1) is 0 Å². The molecule has 1 heterocycles. The van der Waals surface area contributed by atoms with Crippen molar-refractivity contribution in [1.82, 2.24) is 15.2 Å². The summed E-state index contributed by atoms with van der Waals surface area (Å²) in [6.07, 6.45) is 1.50. The highest BCUT2D eigenvalue weighted by Crippen LogP contribution is 2.20. The molecule has 0 fully saturated rings. The van der Waals surface area contributed by atoms with E-state index in [1.807, 2.05) is 6.07 Å². The number of ketones is 1. The van der Waals surface area contributed by atoms with Gasteiger partial charge < -0.3 is 16.0 Å². The second-order valence-corrected chi connectivity index (χ2v) is 5.81. The number of rotatable bonds is 6. The van der Waals surface area contributed by atoms with Gasteiger partial charge in [0.25, 0.3) is 0 Å². The van der Waals surface area contributed by atoms with Crippen LogP contribution in [0.25, 0.3) is 0 Å². The molecule has 3 rings (SSSR count). The number of anilines is 5. The van der Waals surface area contributed by atoms with E-state index < -0.39 is 0 Å². The van der Waals surface area contributed by atoms with Gasteiger partial charge >= 0.3 is 0 Å². The van der Waals surface area contributed by atoms with E-state index in [1.165, 1.54) is 20.0 Å². The Labute approximate surface area is 156 Å². The molecule has 0 radical (unpaired) electrons. The van der Waals surface area contributed by atoms with Crippen LogP contribution in [0.15, 0.2) is 54.7 Å². The molecule has 2 aromatic carbocycles. The molecule has 0 aliphatic carbocycles. The number of nitrogens with one attached hydrogen (secondary N) is 3. The summed E-state index contributed by atoms with van der Waals surface area (Å²) in [7, 11) is 0. The zero-order valence-electron chi connectivity index (χ0n) is 14.9. The van der Waals surface area contributed by atoms with Crippen molar-refractivity contribution in [2.24, 2.45) is 0 Å². The van der Waals surface area contributed by atoms with Gasteiger partial charge in [0.15, 0.2) is 11.6 Å². The van der Waals surface area contributed by atoms with E-state index in [-0.39, 0.29) is 11.7 Å². The normalized spacial score (nSPS) is 10.1. The van der Waals surface area contributed by atoms with Crippen LogP contribution in [0.2, 0.25) is 0 Å². The van der Waals surface area contributed by atoms with Crippen LogP contribution in [-0.4, -0.2) is 26.9 Å². The van der Waals surface area contributed by atoms with E-state index in [0.717, 1.165) is 5.69 Å². The molecule has 3 aromatic rings. The molecule has 0 unspecified atom stereocenters. The van der Waals surface area contributed by atoms with Crippen LogP contribution in [0.3, 0.4) is 0 Å². The highest BCUT2D eigenvalue weighted by molar-refractivity contribution is 5.94. The van der Waals surface area contributed by atoms with Gasteiger partial charge in [0, 0.05) is 29.5 Å². The predicted octanol–water partition coefficient (Wildman–Crippen LogP) is 3.52. The van der Waals surface area contributed by atoms with E-state index in [2.05, 4.69) is 31.1 Å². The standard InChI is InChI=1S/C19H18N6O2/c1-12(26)14-6-8-15(9-7-14)22-18-11-20-25-19(24-18)23-17-5-3-4-16(10-17)21-13(2)27/h3-11H,1-2H3,(H,21,27)(H2,22,23,24,25). The molecule has 8 nitrogen and oxygen atoms in total. The van der Waals surface area contributed by atoms with Crippen molar-refractivity contribution in [3.63, 3.8) is 0 Å². The van der Waals surface area contributed by atoms with Gasteiger partial charge in [-0.1, -0.05) is 6.07 Å². The number of nitrogens with zero attached hydrogens (tertiary/aromatic N) is 3. The summed E-state index contributed by atoms with van der Waals surface area (Å²) in [6, 6.07) is 14.3. The number of hydrogen-bond donors (Lipinski definition) is 3. The first-order chi connectivity index (χ1) is 13.0. The summed E-state index contributed by atoms with van der Waals surface area (Å²) in [5, 5.41) is 16.8. The van der Waals surface area contributed by atoms with Gasteiger partial charge in [-0.25, -0.2) is 0 Å². The lowest BCUT2D eigenvalue weighted by Gasteiger charge is -2.09. The maximum absolute atomic E-state index is 11.3. The first-order valence-corrected chi connectivity index (χ1v) is 8.22. The van der Waals surface area contributed by atoms with Gasteiger partial charge in [0.1, 0.15) is 0 Å². The number of aromatic nitrogens is 3. The van der Waals surface area contributed by atoms with Crippen molar-refractivity contribution in [3.8, 4) is 0 Å². The monoisotopic (exact) mass is 362 g/mol. The number of Topliss-reactive ketones (excluding diaryl/α,β-unsaturated/α-hetero) is 1. The molecular weight excluding hydrogens is 344 g/mol. The summed E-state index contributed by atoms with van der Waals surface area (Å²) < 4.78 is 0. The molecule has 27 heavy (non-hydrogen) atoms. The van der Waals surface area contributed by atoms with E-state index in [9.17, 15) is 9.59 Å². The van der Waals surface area contributed by atoms with Gasteiger partial charge in [-0.3, -0.25) is 9.59 Å². The number of carbonyl (C=O) groups excluding carboxylic acids is 2. The summed E-state index contributed by atoms with van der Waals surface area (Å²) in [6.45, 7) is 2.97. The molecule has 0 spiro atoms. The highest BCUT2D eigenvalue weighted by atomic mass is 16.1. The third-order valence-electron chi connectivity index (χ3n) is 3.56. The molecular formula is C19H18N6O2. The largest absolute Gasteiger partial charge is 0.339 e. The minimum absolute atomic E-state index is 0.0123. The van der Waals surface area contributed by atoms with Crippen molar-refractivity contribution >= 4 is 40.5 Å². The predicted molar refractivity (Wildman–Crippen MR) is 104 cm³/mol. The van der Waals surface area contributed by atoms with E-state index in [0.29, 0.717) is 28.7 Å². The lowest BCUT2D eigenvalue weighted by atomic mass is 10.1. The van der Waals surface area contributed by atoms with Crippen LogP contribution in [-0.2, 0) is 4.79 Å². The van der Waals surface area contributed by atoms with Crippen LogP contribution >= 0.6 is 0 Å². The Bertz CT molecular complexity index is 972. The first kappa shape index (κ1) is 18.0. The summed E-state index contributed by atoms with van der Waals surface area (Å²) >= 11 is 0. The molecule has 0 saturated heterocycles. The van der Waals surface area contributed by atoms with Gasteiger partial charge in [-0.2, -0.15) is 10.1 Å². The van der Waals surface area contributed by atoms with Crippen molar-refractivity contribution in [2.45, 2.75) is 13.8 Å². The minimum atomic E-state index is -0.146. The molecule has 1 amide bonds. The van der Waals surface area contributed by atoms with E-state index in [1.54, 1.807) is 42.5 Å². The second-order valence-electron chi connectivity index (χ2n) is 5.81. The fraction of sp³-hybridized carbons (Fsp3) is 0.105. The van der Waals surface area contributed by atoms with Crippen LogP contribution in [0.1, 0.15) is 24.2 Å². The molecule has 0 atom stereocenters. The molecule has 0 aliphatic heterocycles. The average molecular weight is 362 g/mol. The van der Waals surface area contributed by atoms with E-state index in [4.69, 9.17) is 0 Å². The fourth-order valence-corrected chi connectivity index (χ4v) is 2.36. The Morgan fingerprint density at radius 2 is 1.63 bits per heavy atom. The number of benzene rings is 2. The first-order valence-electron chi connectivity index (χ1n) is 8.22. The molecule has 0 aliphatic rings.